The highest BCUT2D eigenvalue weighted by atomic mass is 16.6. The summed E-state index contributed by atoms with van der Waals surface area (Å²) in [6.45, 7) is 11.8. The zero-order valence-electron chi connectivity index (χ0n) is 16.0. The van der Waals surface area contributed by atoms with E-state index < -0.39 is 5.60 Å². The molecule has 2 heterocycles. The van der Waals surface area contributed by atoms with Crippen LogP contribution in [-0.2, 0) is 16.1 Å². The lowest BCUT2D eigenvalue weighted by atomic mass is 9.73. The van der Waals surface area contributed by atoms with Crippen molar-refractivity contribution in [3.05, 3.63) is 35.9 Å². The average Bonchev–Trinajstić information content (AvgIpc) is 2.89. The Morgan fingerprint density at radius 1 is 1.32 bits per heavy atom. The number of ether oxygens (including phenoxy) is 1. The number of hydrogen-bond donors (Lipinski definition) is 1. The lowest BCUT2D eigenvalue weighted by Gasteiger charge is -2.36. The summed E-state index contributed by atoms with van der Waals surface area (Å²) < 4.78 is 5.84. The molecule has 25 heavy (non-hydrogen) atoms. The topological polar surface area (TPSA) is 41.6 Å². The predicted octanol–water partition coefficient (Wildman–Crippen LogP) is 3.22. The van der Waals surface area contributed by atoms with E-state index in [9.17, 15) is 4.79 Å². The SMILES string of the molecule is CC1CC2(C(=O)OC(C)(C)C)CNCC2CCN1Cc1ccccc1. The van der Waals surface area contributed by atoms with Gasteiger partial charge in [0, 0.05) is 19.1 Å². The molecule has 1 aromatic carbocycles. The molecule has 1 N–H and O–H groups in total. The minimum Gasteiger partial charge on any atom is -0.459 e. The van der Waals surface area contributed by atoms with E-state index in [0.717, 1.165) is 39.0 Å². The molecule has 0 amide bonds. The fraction of sp³-hybridized carbons (Fsp3) is 0.667. The van der Waals surface area contributed by atoms with Gasteiger partial charge in [0.15, 0.2) is 0 Å². The lowest BCUT2D eigenvalue weighted by Crippen LogP contribution is -2.45. The van der Waals surface area contributed by atoms with Crippen molar-refractivity contribution < 1.29 is 9.53 Å². The van der Waals surface area contributed by atoms with Crippen LogP contribution in [0.15, 0.2) is 30.3 Å². The molecule has 2 aliphatic rings. The Labute approximate surface area is 151 Å². The monoisotopic (exact) mass is 344 g/mol. The van der Waals surface area contributed by atoms with E-state index in [4.69, 9.17) is 4.74 Å². The first-order valence-corrected chi connectivity index (χ1v) is 9.52. The molecule has 0 aromatic heterocycles. The Hall–Kier alpha value is -1.39. The molecule has 0 radical (unpaired) electrons. The van der Waals surface area contributed by atoms with Gasteiger partial charge in [0.25, 0.3) is 0 Å². The average molecular weight is 344 g/mol. The van der Waals surface area contributed by atoms with Crippen LogP contribution in [0.2, 0.25) is 0 Å². The van der Waals surface area contributed by atoms with Crippen molar-refractivity contribution in [1.82, 2.24) is 10.2 Å². The van der Waals surface area contributed by atoms with Crippen molar-refractivity contribution in [3.63, 3.8) is 0 Å². The molecule has 0 spiro atoms. The number of rotatable bonds is 3. The highest BCUT2D eigenvalue weighted by Crippen LogP contribution is 2.43. The van der Waals surface area contributed by atoms with Gasteiger partial charge in [-0.3, -0.25) is 9.69 Å². The largest absolute Gasteiger partial charge is 0.459 e. The van der Waals surface area contributed by atoms with Crippen LogP contribution in [0.5, 0.6) is 0 Å². The molecule has 2 aliphatic heterocycles. The summed E-state index contributed by atoms with van der Waals surface area (Å²) in [6.07, 6.45) is 1.91. The Kier molecular flexibility index (Phi) is 5.21. The van der Waals surface area contributed by atoms with Crippen LogP contribution in [-0.4, -0.2) is 42.1 Å². The zero-order chi connectivity index (χ0) is 18.1. The third-order valence-electron chi connectivity index (χ3n) is 5.69. The Bertz CT molecular complexity index is 596. The van der Waals surface area contributed by atoms with Crippen LogP contribution in [0.1, 0.15) is 46.1 Å². The number of nitrogens with zero attached hydrogens (tertiary/aromatic N) is 1. The maximum Gasteiger partial charge on any atom is 0.314 e. The van der Waals surface area contributed by atoms with Crippen molar-refractivity contribution >= 4 is 5.97 Å². The van der Waals surface area contributed by atoms with Gasteiger partial charge >= 0.3 is 5.97 Å². The standard InChI is InChI=1S/C21H32N2O2/c1-16-12-21(19(24)25-20(2,3)4)15-22-13-18(21)10-11-23(16)14-17-8-6-5-7-9-17/h5-9,16,18,22H,10-15H2,1-4H3. The smallest absolute Gasteiger partial charge is 0.314 e. The van der Waals surface area contributed by atoms with E-state index in [-0.39, 0.29) is 11.4 Å². The van der Waals surface area contributed by atoms with Gasteiger partial charge in [-0.2, -0.15) is 0 Å². The van der Waals surface area contributed by atoms with Crippen molar-refractivity contribution in [2.45, 2.75) is 58.7 Å². The van der Waals surface area contributed by atoms with Crippen LogP contribution in [0, 0.1) is 11.3 Å². The van der Waals surface area contributed by atoms with Gasteiger partial charge in [0.05, 0.1) is 5.41 Å². The number of carbonyl (C=O) groups excluding carboxylic acids is 1. The maximum absolute atomic E-state index is 13.1. The molecular formula is C21H32N2O2. The number of hydrogen-bond acceptors (Lipinski definition) is 4. The third-order valence-corrected chi connectivity index (χ3v) is 5.69. The van der Waals surface area contributed by atoms with E-state index in [1.54, 1.807) is 0 Å². The summed E-state index contributed by atoms with van der Waals surface area (Å²) >= 11 is 0. The molecule has 0 bridgehead atoms. The molecule has 3 rings (SSSR count). The fourth-order valence-corrected chi connectivity index (χ4v) is 4.38. The minimum absolute atomic E-state index is 0.0107. The van der Waals surface area contributed by atoms with E-state index in [1.807, 2.05) is 20.8 Å². The number of carbonyl (C=O) groups is 1. The summed E-state index contributed by atoms with van der Waals surface area (Å²) in [7, 11) is 0. The summed E-state index contributed by atoms with van der Waals surface area (Å²) in [6, 6.07) is 11.0. The van der Waals surface area contributed by atoms with Gasteiger partial charge in [-0.15, -0.1) is 0 Å². The Morgan fingerprint density at radius 2 is 2.04 bits per heavy atom. The third kappa shape index (κ3) is 4.06. The van der Waals surface area contributed by atoms with Crippen molar-refractivity contribution in [1.29, 1.82) is 0 Å². The summed E-state index contributed by atoms with van der Waals surface area (Å²) in [5.74, 6) is 0.356. The van der Waals surface area contributed by atoms with Crippen LogP contribution in [0.25, 0.3) is 0 Å². The van der Waals surface area contributed by atoms with Gasteiger partial charge in [0.2, 0.25) is 0 Å². The number of nitrogens with one attached hydrogen (secondary N) is 1. The quantitative estimate of drug-likeness (QED) is 0.855. The second kappa shape index (κ2) is 7.08. The zero-order valence-corrected chi connectivity index (χ0v) is 16.0. The van der Waals surface area contributed by atoms with Gasteiger partial charge in [-0.05, 0) is 65.1 Å². The second-order valence-corrected chi connectivity index (χ2v) is 8.78. The second-order valence-electron chi connectivity index (χ2n) is 8.78. The summed E-state index contributed by atoms with van der Waals surface area (Å²) in [5.41, 5.74) is 0.530. The van der Waals surface area contributed by atoms with Crippen molar-refractivity contribution in [2.24, 2.45) is 11.3 Å². The highest BCUT2D eigenvalue weighted by molar-refractivity contribution is 5.78. The molecule has 3 atom stereocenters. The van der Waals surface area contributed by atoms with Crippen LogP contribution < -0.4 is 5.32 Å². The van der Waals surface area contributed by atoms with E-state index in [0.29, 0.717) is 12.0 Å². The molecule has 2 fully saturated rings. The predicted molar refractivity (Wildman–Crippen MR) is 100 cm³/mol. The van der Waals surface area contributed by atoms with E-state index >= 15 is 0 Å². The first-order chi connectivity index (χ1) is 11.8. The summed E-state index contributed by atoms with van der Waals surface area (Å²) in [4.78, 5) is 15.6. The van der Waals surface area contributed by atoms with Crippen LogP contribution in [0.4, 0.5) is 0 Å². The fourth-order valence-electron chi connectivity index (χ4n) is 4.38. The molecule has 3 unspecified atom stereocenters. The van der Waals surface area contributed by atoms with Crippen molar-refractivity contribution in [3.8, 4) is 0 Å². The number of esters is 1. The number of fused-ring (bicyclic) bond motifs is 1. The summed E-state index contributed by atoms with van der Waals surface area (Å²) in [5, 5.41) is 3.47. The molecular weight excluding hydrogens is 312 g/mol. The minimum atomic E-state index is -0.432. The van der Waals surface area contributed by atoms with Gasteiger partial charge in [0.1, 0.15) is 5.60 Å². The first kappa shape index (κ1) is 18.4. The van der Waals surface area contributed by atoms with Gasteiger partial charge in [-0.1, -0.05) is 30.3 Å². The normalized spacial score (nSPS) is 30.6. The molecule has 2 saturated heterocycles. The number of benzene rings is 1. The van der Waals surface area contributed by atoms with Crippen LogP contribution >= 0.6 is 0 Å². The molecule has 4 nitrogen and oxygen atoms in total. The Morgan fingerprint density at radius 3 is 2.72 bits per heavy atom. The molecule has 4 heteroatoms. The van der Waals surface area contributed by atoms with E-state index in [2.05, 4.69) is 47.5 Å². The molecule has 138 valence electrons. The van der Waals surface area contributed by atoms with Crippen LogP contribution in [0.3, 0.4) is 0 Å². The maximum atomic E-state index is 13.1. The Balaban J connectivity index is 1.77. The van der Waals surface area contributed by atoms with Gasteiger partial charge < -0.3 is 10.1 Å². The van der Waals surface area contributed by atoms with E-state index in [1.165, 1.54) is 5.56 Å². The number of likely N-dealkylation sites (tertiary alicyclic amines) is 1. The lowest BCUT2D eigenvalue weighted by molar-refractivity contribution is -0.170. The van der Waals surface area contributed by atoms with Gasteiger partial charge in [-0.25, -0.2) is 0 Å². The highest BCUT2D eigenvalue weighted by Gasteiger charge is 2.53. The molecule has 0 saturated carbocycles. The molecule has 1 aromatic rings. The first-order valence-electron chi connectivity index (χ1n) is 9.52. The molecule has 0 aliphatic carbocycles. The van der Waals surface area contributed by atoms with Crippen molar-refractivity contribution in [2.75, 3.05) is 19.6 Å².